The number of pyridine rings is 1. The van der Waals surface area contributed by atoms with E-state index in [2.05, 4.69) is 10.3 Å². The van der Waals surface area contributed by atoms with Gasteiger partial charge < -0.3 is 15.4 Å². The van der Waals surface area contributed by atoms with Crippen LogP contribution in [0.25, 0.3) is 0 Å². The summed E-state index contributed by atoms with van der Waals surface area (Å²) in [4.78, 5) is 26.5. The van der Waals surface area contributed by atoms with Crippen LogP contribution in [0.15, 0.2) is 10.9 Å². The summed E-state index contributed by atoms with van der Waals surface area (Å²) in [6.45, 7) is 8.47. The number of hydrogen-bond acceptors (Lipinski definition) is 3. The Bertz CT molecular complexity index is 515. The van der Waals surface area contributed by atoms with Crippen molar-refractivity contribution >= 4 is 5.91 Å². The molecule has 0 fully saturated rings. The number of nitrogens with one attached hydrogen (secondary N) is 2. The third kappa shape index (κ3) is 2.98. The zero-order valence-electron chi connectivity index (χ0n) is 11.4. The summed E-state index contributed by atoms with van der Waals surface area (Å²) in [7, 11) is 0. The minimum Gasteiger partial charge on any atom is -0.391 e. The topological polar surface area (TPSA) is 82.2 Å². The zero-order valence-corrected chi connectivity index (χ0v) is 11.4. The minimum absolute atomic E-state index is 0.0920. The van der Waals surface area contributed by atoms with Gasteiger partial charge in [0.2, 0.25) is 0 Å². The molecule has 1 atom stereocenters. The van der Waals surface area contributed by atoms with E-state index in [1.165, 1.54) is 0 Å². The number of aliphatic hydroxyl groups is 1. The highest BCUT2D eigenvalue weighted by Gasteiger charge is 2.28. The molecule has 5 nitrogen and oxygen atoms in total. The first-order valence-corrected chi connectivity index (χ1v) is 5.86. The van der Waals surface area contributed by atoms with E-state index in [1.54, 1.807) is 40.7 Å². The molecule has 1 amide bonds. The highest BCUT2D eigenvalue weighted by Crippen LogP contribution is 2.11. The molecule has 100 valence electrons. The lowest BCUT2D eigenvalue weighted by atomic mass is 9.97. The van der Waals surface area contributed by atoms with Crippen molar-refractivity contribution in [2.24, 2.45) is 0 Å². The number of amides is 1. The number of carbonyl (C=O) groups is 1. The molecule has 3 N–H and O–H groups in total. The first-order chi connectivity index (χ1) is 8.15. The van der Waals surface area contributed by atoms with Gasteiger partial charge in [0.05, 0.1) is 11.6 Å². The summed E-state index contributed by atoms with van der Waals surface area (Å²) in [5.74, 6) is -0.473. The van der Waals surface area contributed by atoms with Crippen molar-refractivity contribution in [3.8, 4) is 0 Å². The van der Waals surface area contributed by atoms with Crippen LogP contribution < -0.4 is 10.9 Å². The Morgan fingerprint density at radius 3 is 2.44 bits per heavy atom. The zero-order chi connectivity index (χ0) is 14.1. The van der Waals surface area contributed by atoms with Gasteiger partial charge in [-0.15, -0.1) is 0 Å². The van der Waals surface area contributed by atoms with Crippen LogP contribution in [0.3, 0.4) is 0 Å². The van der Waals surface area contributed by atoms with Gasteiger partial charge in [-0.2, -0.15) is 0 Å². The van der Waals surface area contributed by atoms with Crippen molar-refractivity contribution in [2.75, 3.05) is 0 Å². The summed E-state index contributed by atoms with van der Waals surface area (Å²) in [6.07, 6.45) is -0.716. The van der Waals surface area contributed by atoms with Crippen molar-refractivity contribution in [1.29, 1.82) is 0 Å². The molecule has 0 aliphatic rings. The third-order valence-corrected chi connectivity index (χ3v) is 3.07. The lowest BCUT2D eigenvalue weighted by Crippen LogP contribution is -2.52. The second-order valence-electron chi connectivity index (χ2n) is 5.19. The molecule has 18 heavy (non-hydrogen) atoms. The maximum Gasteiger partial charge on any atom is 0.261 e. The first kappa shape index (κ1) is 14.4. The van der Waals surface area contributed by atoms with Crippen LogP contribution in [0, 0.1) is 13.8 Å². The highest BCUT2D eigenvalue weighted by atomic mass is 16.3. The Morgan fingerprint density at radius 1 is 1.44 bits per heavy atom. The van der Waals surface area contributed by atoms with E-state index in [4.69, 9.17) is 0 Å². The number of aryl methyl sites for hydroxylation is 2. The van der Waals surface area contributed by atoms with Crippen molar-refractivity contribution in [2.45, 2.75) is 46.3 Å². The van der Waals surface area contributed by atoms with Crippen LogP contribution >= 0.6 is 0 Å². The monoisotopic (exact) mass is 252 g/mol. The largest absolute Gasteiger partial charge is 0.391 e. The van der Waals surface area contributed by atoms with Gasteiger partial charge in [0.1, 0.15) is 5.56 Å². The normalized spacial score (nSPS) is 13.2. The van der Waals surface area contributed by atoms with Gasteiger partial charge in [-0.25, -0.2) is 0 Å². The van der Waals surface area contributed by atoms with Gasteiger partial charge in [-0.3, -0.25) is 9.59 Å². The van der Waals surface area contributed by atoms with Gasteiger partial charge in [-0.05, 0) is 46.2 Å². The second kappa shape index (κ2) is 4.94. The predicted molar refractivity (Wildman–Crippen MR) is 69.8 cm³/mol. The molecule has 0 aromatic carbocycles. The molecular weight excluding hydrogens is 232 g/mol. The van der Waals surface area contributed by atoms with Crippen molar-refractivity contribution in [3.63, 3.8) is 0 Å². The fourth-order valence-corrected chi connectivity index (χ4v) is 1.60. The van der Waals surface area contributed by atoms with E-state index in [1.807, 2.05) is 0 Å². The van der Waals surface area contributed by atoms with E-state index >= 15 is 0 Å². The molecule has 0 saturated heterocycles. The fraction of sp³-hybridized carbons (Fsp3) is 0.538. The summed E-state index contributed by atoms with van der Waals surface area (Å²) in [5.41, 5.74) is 0.223. The maximum atomic E-state index is 12.1. The summed E-state index contributed by atoms with van der Waals surface area (Å²) < 4.78 is 0. The molecule has 1 heterocycles. The van der Waals surface area contributed by atoms with E-state index in [-0.39, 0.29) is 5.56 Å². The summed E-state index contributed by atoms with van der Waals surface area (Å²) >= 11 is 0. The molecule has 0 aliphatic carbocycles. The number of hydrogen-bond donors (Lipinski definition) is 3. The summed E-state index contributed by atoms with van der Waals surface area (Å²) in [5, 5.41) is 12.2. The molecule has 0 spiro atoms. The average molecular weight is 252 g/mol. The van der Waals surface area contributed by atoms with E-state index in [0.717, 1.165) is 0 Å². The Balaban J connectivity index is 3.10. The van der Waals surface area contributed by atoms with Crippen molar-refractivity contribution < 1.29 is 9.90 Å². The predicted octanol–water partition coefficient (Wildman–Crippen LogP) is 0.881. The molecule has 0 bridgehead atoms. The first-order valence-electron chi connectivity index (χ1n) is 5.86. The molecule has 1 rings (SSSR count). The smallest absolute Gasteiger partial charge is 0.261 e. The average Bonchev–Trinajstić information content (AvgIpc) is 2.13. The van der Waals surface area contributed by atoms with E-state index in [9.17, 15) is 14.7 Å². The Labute approximate surface area is 106 Å². The van der Waals surface area contributed by atoms with Crippen LogP contribution in [0.1, 0.15) is 42.4 Å². The number of carbonyl (C=O) groups excluding carboxylic acids is 1. The summed E-state index contributed by atoms with van der Waals surface area (Å²) in [6, 6.07) is 1.74. The Morgan fingerprint density at radius 2 is 2.00 bits per heavy atom. The van der Waals surface area contributed by atoms with Gasteiger partial charge >= 0.3 is 0 Å². The van der Waals surface area contributed by atoms with E-state index < -0.39 is 23.1 Å². The van der Waals surface area contributed by atoms with Gasteiger partial charge in [0.15, 0.2) is 0 Å². The molecule has 1 aromatic rings. The molecule has 0 radical (unpaired) electrons. The SMILES string of the molecule is Cc1cc(C)c(C(=O)NC(C)(C)C(C)O)c(=O)[nH]1. The number of aliphatic hydroxyl groups excluding tert-OH is 1. The minimum atomic E-state index is -0.791. The van der Waals surface area contributed by atoms with Crippen LogP contribution in [-0.2, 0) is 0 Å². The van der Waals surface area contributed by atoms with Crippen molar-refractivity contribution in [1.82, 2.24) is 10.3 Å². The lowest BCUT2D eigenvalue weighted by molar-refractivity contribution is 0.0707. The molecule has 1 unspecified atom stereocenters. The van der Waals surface area contributed by atoms with Crippen LogP contribution in [0.5, 0.6) is 0 Å². The lowest BCUT2D eigenvalue weighted by Gasteiger charge is -2.29. The molecule has 5 heteroatoms. The van der Waals surface area contributed by atoms with Gasteiger partial charge in [0.25, 0.3) is 11.5 Å². The van der Waals surface area contributed by atoms with Crippen LogP contribution in [-0.4, -0.2) is 27.6 Å². The Hall–Kier alpha value is -1.62. The van der Waals surface area contributed by atoms with Gasteiger partial charge in [0, 0.05) is 5.69 Å². The molecule has 1 aromatic heterocycles. The van der Waals surface area contributed by atoms with Crippen LogP contribution in [0.4, 0.5) is 0 Å². The molecule has 0 aliphatic heterocycles. The molecule has 0 saturated carbocycles. The fourth-order valence-electron chi connectivity index (χ4n) is 1.60. The van der Waals surface area contributed by atoms with E-state index in [0.29, 0.717) is 11.3 Å². The molecular formula is C13H20N2O3. The Kier molecular flexibility index (Phi) is 3.96. The number of aromatic nitrogens is 1. The standard InChI is InChI=1S/C13H20N2O3/c1-7-6-8(2)14-11(17)10(7)12(18)15-13(4,5)9(3)16/h6,9,16H,1-5H3,(H,14,17)(H,15,18). The highest BCUT2D eigenvalue weighted by molar-refractivity contribution is 5.95. The van der Waals surface area contributed by atoms with Crippen molar-refractivity contribution in [3.05, 3.63) is 33.2 Å². The second-order valence-corrected chi connectivity index (χ2v) is 5.19. The van der Waals surface area contributed by atoms with Gasteiger partial charge in [-0.1, -0.05) is 0 Å². The number of aromatic amines is 1. The number of H-pyrrole nitrogens is 1. The maximum absolute atomic E-state index is 12.1. The quantitative estimate of drug-likeness (QED) is 0.747. The number of rotatable bonds is 3. The third-order valence-electron chi connectivity index (χ3n) is 3.07. The van der Waals surface area contributed by atoms with Crippen LogP contribution in [0.2, 0.25) is 0 Å².